The van der Waals surface area contributed by atoms with E-state index < -0.39 is 35.3 Å². The van der Waals surface area contributed by atoms with Crippen molar-refractivity contribution in [2.24, 2.45) is 5.92 Å². The maximum Gasteiger partial charge on any atom is 0.331 e. The smallest absolute Gasteiger partial charge is 0.331 e. The average Bonchev–Trinajstić information content (AvgIpc) is 2.37. The molecule has 17 heavy (non-hydrogen) atoms. The van der Waals surface area contributed by atoms with Crippen molar-refractivity contribution in [3.05, 3.63) is 0 Å². The van der Waals surface area contributed by atoms with Gasteiger partial charge in [-0.1, -0.05) is 6.92 Å². The Morgan fingerprint density at radius 1 is 1.47 bits per heavy atom. The van der Waals surface area contributed by atoms with E-state index in [1.807, 2.05) is 5.32 Å². The molecule has 1 N–H and O–H groups in total. The molecule has 1 heterocycles. The molecule has 7 heteroatoms. The van der Waals surface area contributed by atoms with Gasteiger partial charge in [-0.05, 0) is 13.3 Å². The van der Waals surface area contributed by atoms with Crippen LogP contribution in [0.15, 0.2) is 0 Å². The molecule has 1 fully saturated rings. The molecule has 0 aliphatic carbocycles. The van der Waals surface area contributed by atoms with Crippen LogP contribution in [0, 0.1) is 5.92 Å². The van der Waals surface area contributed by atoms with Crippen LogP contribution in [0.25, 0.3) is 0 Å². The Morgan fingerprint density at radius 2 is 2.00 bits per heavy atom. The van der Waals surface area contributed by atoms with Crippen LogP contribution in [0.1, 0.15) is 27.2 Å². The molecule has 0 radical (unpaired) electrons. The fraction of sp³-hybridized carbons (Fsp3) is 0.600. The Labute approximate surface area is 97.8 Å². The van der Waals surface area contributed by atoms with Gasteiger partial charge in [0.15, 0.2) is 0 Å². The number of aliphatic carboxylic acids is 1. The first kappa shape index (κ1) is 13.1. The molecule has 94 valence electrons. The van der Waals surface area contributed by atoms with Gasteiger partial charge in [0.05, 0.1) is 0 Å². The lowest BCUT2D eigenvalue weighted by molar-refractivity contribution is -0.314. The summed E-state index contributed by atoms with van der Waals surface area (Å²) in [7, 11) is 0. The van der Waals surface area contributed by atoms with Gasteiger partial charge in [-0.25, -0.2) is 9.69 Å². The average molecular weight is 241 g/mol. The molecular formula is C10H13N2O5-. The number of carbonyl (C=O) groups is 4. The fourth-order valence-corrected chi connectivity index (χ4v) is 2.17. The number of nitrogens with one attached hydrogen (secondary N) is 1. The first-order valence-corrected chi connectivity index (χ1v) is 5.13. The van der Waals surface area contributed by atoms with E-state index in [1.54, 1.807) is 6.92 Å². The zero-order chi connectivity index (χ0) is 13.4. The maximum absolute atomic E-state index is 11.7. The summed E-state index contributed by atoms with van der Waals surface area (Å²) < 4.78 is 0. The van der Waals surface area contributed by atoms with E-state index in [4.69, 9.17) is 0 Å². The van der Waals surface area contributed by atoms with Gasteiger partial charge in [-0.3, -0.25) is 14.9 Å². The van der Waals surface area contributed by atoms with Crippen LogP contribution in [-0.4, -0.2) is 34.3 Å². The van der Waals surface area contributed by atoms with Gasteiger partial charge in [0.2, 0.25) is 5.91 Å². The summed E-state index contributed by atoms with van der Waals surface area (Å²) >= 11 is 0. The summed E-state index contributed by atoms with van der Waals surface area (Å²) in [6, 6.07) is -0.898. The normalized spacial score (nSPS) is 25.7. The van der Waals surface area contributed by atoms with E-state index in [0.717, 1.165) is 6.92 Å². The van der Waals surface area contributed by atoms with Crippen molar-refractivity contribution < 1.29 is 24.3 Å². The second kappa shape index (κ2) is 4.15. The number of hydrogen-bond acceptors (Lipinski definition) is 5. The minimum Gasteiger partial charge on any atom is -0.550 e. The van der Waals surface area contributed by atoms with Gasteiger partial charge in [0.25, 0.3) is 5.91 Å². The summed E-state index contributed by atoms with van der Waals surface area (Å²) in [5, 5.41) is 12.9. The lowest BCUT2D eigenvalue weighted by Gasteiger charge is -2.36. The summed E-state index contributed by atoms with van der Waals surface area (Å²) in [5.74, 6) is -4.19. The summed E-state index contributed by atoms with van der Waals surface area (Å²) in [6.07, 6.45) is 0.0727. The molecule has 0 aromatic carbocycles. The van der Waals surface area contributed by atoms with E-state index in [2.05, 4.69) is 0 Å². The SMILES string of the molecule is CCC(C(=O)[O-])C1(C)C(=O)NC(=O)N1C(C)=O. The number of urea groups is 1. The van der Waals surface area contributed by atoms with Crippen molar-refractivity contribution >= 4 is 23.8 Å². The van der Waals surface area contributed by atoms with Crippen LogP contribution in [0.5, 0.6) is 0 Å². The molecule has 0 saturated carbocycles. The molecule has 1 aliphatic rings. The van der Waals surface area contributed by atoms with Crippen molar-refractivity contribution in [2.45, 2.75) is 32.7 Å². The van der Waals surface area contributed by atoms with Gasteiger partial charge >= 0.3 is 6.03 Å². The third kappa shape index (κ3) is 1.77. The predicted octanol–water partition coefficient (Wildman–Crippen LogP) is -1.38. The Bertz CT molecular complexity index is 406. The van der Waals surface area contributed by atoms with Gasteiger partial charge in [0, 0.05) is 18.8 Å². The number of carbonyl (C=O) groups excluding carboxylic acids is 4. The summed E-state index contributed by atoms with van der Waals surface area (Å²) in [6.45, 7) is 3.89. The van der Waals surface area contributed by atoms with Crippen LogP contribution in [0.4, 0.5) is 4.79 Å². The molecular weight excluding hydrogens is 228 g/mol. The number of nitrogens with zero attached hydrogens (tertiary/aromatic N) is 1. The minimum absolute atomic E-state index is 0.0727. The number of imide groups is 2. The molecule has 7 nitrogen and oxygen atoms in total. The van der Waals surface area contributed by atoms with Gasteiger partial charge in [-0.2, -0.15) is 0 Å². The van der Waals surface area contributed by atoms with E-state index >= 15 is 0 Å². The van der Waals surface area contributed by atoms with Crippen LogP contribution in [0.3, 0.4) is 0 Å². The topological polar surface area (TPSA) is 107 Å². The number of carboxylic acids is 1. The second-order valence-electron chi connectivity index (χ2n) is 4.04. The van der Waals surface area contributed by atoms with Crippen molar-refractivity contribution in [3.8, 4) is 0 Å². The molecule has 0 bridgehead atoms. The van der Waals surface area contributed by atoms with Crippen molar-refractivity contribution in [2.75, 3.05) is 0 Å². The van der Waals surface area contributed by atoms with E-state index in [-0.39, 0.29) is 6.42 Å². The Morgan fingerprint density at radius 3 is 2.35 bits per heavy atom. The Kier molecular flexibility index (Phi) is 3.21. The number of amides is 4. The van der Waals surface area contributed by atoms with Crippen molar-refractivity contribution in [3.63, 3.8) is 0 Å². The van der Waals surface area contributed by atoms with Crippen LogP contribution < -0.4 is 10.4 Å². The van der Waals surface area contributed by atoms with Crippen LogP contribution in [0.2, 0.25) is 0 Å². The largest absolute Gasteiger partial charge is 0.550 e. The Hall–Kier alpha value is -1.92. The quantitative estimate of drug-likeness (QED) is 0.613. The first-order valence-electron chi connectivity index (χ1n) is 5.13. The predicted molar refractivity (Wildman–Crippen MR) is 53.3 cm³/mol. The zero-order valence-electron chi connectivity index (χ0n) is 9.77. The molecule has 0 spiro atoms. The van der Waals surface area contributed by atoms with E-state index in [9.17, 15) is 24.3 Å². The number of carboxylic acid groups (broad SMARTS) is 1. The highest BCUT2D eigenvalue weighted by Gasteiger charge is 2.55. The summed E-state index contributed by atoms with van der Waals surface area (Å²) in [4.78, 5) is 46.2. The monoisotopic (exact) mass is 241 g/mol. The molecule has 0 aromatic rings. The molecule has 1 aliphatic heterocycles. The van der Waals surface area contributed by atoms with Gasteiger partial charge < -0.3 is 9.90 Å². The highest BCUT2D eigenvalue weighted by molar-refractivity contribution is 6.14. The molecule has 2 atom stereocenters. The first-order chi connectivity index (χ1) is 7.76. The molecule has 0 aromatic heterocycles. The highest BCUT2D eigenvalue weighted by atomic mass is 16.4. The van der Waals surface area contributed by atoms with E-state index in [0.29, 0.717) is 4.90 Å². The number of hydrogen-bond donors (Lipinski definition) is 1. The summed E-state index contributed by atoms with van der Waals surface area (Å²) in [5.41, 5.74) is -1.73. The van der Waals surface area contributed by atoms with Gasteiger partial charge in [0.1, 0.15) is 5.54 Å². The highest BCUT2D eigenvalue weighted by Crippen LogP contribution is 2.31. The van der Waals surface area contributed by atoms with Crippen molar-refractivity contribution in [1.29, 1.82) is 0 Å². The van der Waals surface area contributed by atoms with Crippen molar-refractivity contribution in [1.82, 2.24) is 10.2 Å². The lowest BCUT2D eigenvalue weighted by atomic mass is 9.82. The molecule has 1 rings (SSSR count). The lowest BCUT2D eigenvalue weighted by Crippen LogP contribution is -2.59. The Balaban J connectivity index is 3.30. The van der Waals surface area contributed by atoms with Crippen LogP contribution in [-0.2, 0) is 14.4 Å². The molecule has 1 saturated heterocycles. The minimum atomic E-state index is -1.73. The third-order valence-corrected chi connectivity index (χ3v) is 3.03. The molecule has 2 unspecified atom stereocenters. The number of rotatable bonds is 3. The fourth-order valence-electron chi connectivity index (χ4n) is 2.17. The molecule has 4 amide bonds. The van der Waals surface area contributed by atoms with E-state index in [1.165, 1.54) is 6.92 Å². The second-order valence-corrected chi connectivity index (χ2v) is 4.04. The zero-order valence-corrected chi connectivity index (χ0v) is 9.77. The van der Waals surface area contributed by atoms with Crippen LogP contribution >= 0.6 is 0 Å². The van der Waals surface area contributed by atoms with Gasteiger partial charge in [-0.15, -0.1) is 0 Å². The standard InChI is InChI=1S/C10H14N2O5/c1-4-6(7(14)15)10(3)8(16)11-9(17)12(10)5(2)13/h6H,4H2,1-3H3,(H,14,15)(H,11,16,17)/p-1. The maximum atomic E-state index is 11.7. The third-order valence-electron chi connectivity index (χ3n) is 3.03.